The molecule has 9 heteroatoms. The highest BCUT2D eigenvalue weighted by Crippen LogP contribution is 2.33. The van der Waals surface area contributed by atoms with Crippen LogP contribution in [0.15, 0.2) is 47.7 Å². The van der Waals surface area contributed by atoms with E-state index >= 15 is 0 Å². The average Bonchev–Trinajstić information content (AvgIpc) is 3.12. The second-order valence-electron chi connectivity index (χ2n) is 6.94. The molecule has 0 radical (unpaired) electrons. The number of hydrogen-bond acceptors (Lipinski definition) is 5. The lowest BCUT2D eigenvalue weighted by atomic mass is 9.97. The van der Waals surface area contributed by atoms with Gasteiger partial charge in [0, 0.05) is 30.4 Å². The van der Waals surface area contributed by atoms with Crippen molar-refractivity contribution in [3.05, 3.63) is 68.8 Å². The molecule has 0 bridgehead atoms. The predicted molar refractivity (Wildman–Crippen MR) is 109 cm³/mol. The molecule has 1 aliphatic rings. The number of anilines is 1. The lowest BCUT2D eigenvalue weighted by molar-refractivity contribution is -0.0466. The van der Waals surface area contributed by atoms with E-state index in [2.05, 4.69) is 10.2 Å². The van der Waals surface area contributed by atoms with Gasteiger partial charge in [-0.15, -0.1) is 0 Å². The molecule has 0 amide bonds. The molecule has 1 aliphatic heterocycles. The third-order valence-corrected chi connectivity index (χ3v) is 5.51. The molecule has 4 rings (SSSR count). The molecule has 0 spiro atoms. The molecule has 3 aromatic rings. The van der Waals surface area contributed by atoms with E-state index in [0.717, 1.165) is 5.56 Å². The van der Waals surface area contributed by atoms with Gasteiger partial charge in [0.25, 0.3) is 5.56 Å². The number of nitrogens with zero attached hydrogens (tertiary/aromatic N) is 5. The molecule has 1 unspecified atom stereocenters. The number of hydrogen-bond donors (Lipinski definition) is 0. The zero-order valence-corrected chi connectivity index (χ0v) is 17.0. The first-order valence-electron chi connectivity index (χ1n) is 8.79. The van der Waals surface area contributed by atoms with E-state index in [4.69, 9.17) is 27.9 Å². The van der Waals surface area contributed by atoms with E-state index in [1.165, 1.54) is 4.68 Å². The standard InChI is InChI=1S/C19H19Cl2N5O2/c1-19(13-9-22-24(2)11-13)12-25(7-8-28-19)16-10-23-26(18(27)17(16)21)15-5-3-14(20)4-6-15/h3-6,9-11H,7-8,12H2,1-2H3. The molecular formula is C19H19Cl2N5O2. The van der Waals surface area contributed by atoms with Crippen molar-refractivity contribution >= 4 is 28.9 Å². The van der Waals surface area contributed by atoms with Gasteiger partial charge in [-0.3, -0.25) is 9.48 Å². The minimum absolute atomic E-state index is 0.125. The van der Waals surface area contributed by atoms with Crippen molar-refractivity contribution < 1.29 is 4.74 Å². The quantitative estimate of drug-likeness (QED) is 0.652. The van der Waals surface area contributed by atoms with Crippen molar-refractivity contribution in [2.24, 2.45) is 7.05 Å². The van der Waals surface area contributed by atoms with Crippen molar-refractivity contribution in [2.45, 2.75) is 12.5 Å². The van der Waals surface area contributed by atoms with Crippen LogP contribution in [0.1, 0.15) is 12.5 Å². The van der Waals surface area contributed by atoms with Crippen molar-refractivity contribution in [3.8, 4) is 5.69 Å². The molecule has 1 aromatic carbocycles. The van der Waals surface area contributed by atoms with Crippen molar-refractivity contribution in [1.29, 1.82) is 0 Å². The SMILES string of the molecule is Cn1cc(C2(C)CN(c3cnn(-c4ccc(Cl)cc4)c(=O)c3Cl)CCO2)cn1. The first kappa shape index (κ1) is 19.0. The fourth-order valence-corrected chi connectivity index (χ4v) is 3.73. The average molecular weight is 420 g/mol. The summed E-state index contributed by atoms with van der Waals surface area (Å²) >= 11 is 12.4. The Kier molecular flexibility index (Phi) is 4.91. The zero-order chi connectivity index (χ0) is 19.9. The van der Waals surface area contributed by atoms with Gasteiger partial charge in [0.15, 0.2) is 0 Å². The Morgan fingerprint density at radius 2 is 1.89 bits per heavy atom. The first-order valence-corrected chi connectivity index (χ1v) is 9.55. The van der Waals surface area contributed by atoms with Crippen molar-refractivity contribution in [1.82, 2.24) is 19.6 Å². The number of benzene rings is 1. The summed E-state index contributed by atoms with van der Waals surface area (Å²) in [4.78, 5) is 14.8. The highest BCUT2D eigenvalue weighted by atomic mass is 35.5. The Morgan fingerprint density at radius 3 is 2.57 bits per heavy atom. The third-order valence-electron chi connectivity index (χ3n) is 4.90. The largest absolute Gasteiger partial charge is 0.367 e. The summed E-state index contributed by atoms with van der Waals surface area (Å²) in [6.07, 6.45) is 5.34. The molecule has 3 heterocycles. The second-order valence-corrected chi connectivity index (χ2v) is 7.76. The molecule has 0 aliphatic carbocycles. The molecule has 2 aromatic heterocycles. The van der Waals surface area contributed by atoms with Crippen LogP contribution in [0.4, 0.5) is 5.69 Å². The van der Waals surface area contributed by atoms with Gasteiger partial charge in [-0.2, -0.15) is 14.9 Å². The first-order chi connectivity index (χ1) is 13.4. The van der Waals surface area contributed by atoms with E-state index in [1.54, 1.807) is 41.3 Å². The van der Waals surface area contributed by atoms with Crippen LogP contribution in [0.3, 0.4) is 0 Å². The summed E-state index contributed by atoms with van der Waals surface area (Å²) in [6.45, 7) is 3.65. The minimum Gasteiger partial charge on any atom is -0.367 e. The van der Waals surface area contributed by atoms with Crippen LogP contribution in [-0.2, 0) is 17.4 Å². The summed E-state index contributed by atoms with van der Waals surface area (Å²) in [7, 11) is 1.87. The highest BCUT2D eigenvalue weighted by Gasteiger charge is 2.36. The summed E-state index contributed by atoms with van der Waals surface area (Å²) in [5.41, 5.74) is 1.23. The third kappa shape index (κ3) is 3.41. The fourth-order valence-electron chi connectivity index (χ4n) is 3.36. The summed E-state index contributed by atoms with van der Waals surface area (Å²) < 4.78 is 9.04. The Hall–Kier alpha value is -2.35. The minimum atomic E-state index is -0.555. The molecule has 1 saturated heterocycles. The van der Waals surface area contributed by atoms with Gasteiger partial charge < -0.3 is 9.64 Å². The number of halogens is 2. The van der Waals surface area contributed by atoms with E-state index in [9.17, 15) is 4.79 Å². The van der Waals surface area contributed by atoms with Crippen LogP contribution < -0.4 is 10.5 Å². The monoisotopic (exact) mass is 419 g/mol. The molecule has 7 nitrogen and oxygen atoms in total. The Morgan fingerprint density at radius 1 is 1.14 bits per heavy atom. The molecule has 146 valence electrons. The number of aryl methyl sites for hydroxylation is 1. The topological polar surface area (TPSA) is 65.2 Å². The van der Waals surface area contributed by atoms with Gasteiger partial charge in [-0.25, -0.2) is 0 Å². The van der Waals surface area contributed by atoms with Crippen LogP contribution in [0.2, 0.25) is 10.0 Å². The van der Waals surface area contributed by atoms with E-state index < -0.39 is 5.60 Å². The van der Waals surface area contributed by atoms with Crippen LogP contribution in [0, 0.1) is 0 Å². The number of ether oxygens (including phenoxy) is 1. The van der Waals surface area contributed by atoms with Gasteiger partial charge in [0.05, 0.1) is 36.9 Å². The lowest BCUT2D eigenvalue weighted by Crippen LogP contribution is -2.48. The van der Waals surface area contributed by atoms with Crippen molar-refractivity contribution in [3.63, 3.8) is 0 Å². The molecule has 0 saturated carbocycles. The van der Waals surface area contributed by atoms with Gasteiger partial charge >= 0.3 is 0 Å². The molecular weight excluding hydrogens is 401 g/mol. The zero-order valence-electron chi connectivity index (χ0n) is 15.5. The maximum atomic E-state index is 12.8. The van der Waals surface area contributed by atoms with Crippen molar-refractivity contribution in [2.75, 3.05) is 24.6 Å². The van der Waals surface area contributed by atoms with E-state index in [1.807, 2.05) is 25.1 Å². The number of morpholine rings is 1. The normalized spacial score (nSPS) is 19.8. The second kappa shape index (κ2) is 7.24. The maximum absolute atomic E-state index is 12.8. The Labute approximate surface area is 172 Å². The van der Waals surface area contributed by atoms with Crippen LogP contribution >= 0.6 is 23.2 Å². The van der Waals surface area contributed by atoms with E-state index in [0.29, 0.717) is 36.1 Å². The number of aromatic nitrogens is 4. The summed E-state index contributed by atoms with van der Waals surface area (Å²) in [5, 5.41) is 9.26. The van der Waals surface area contributed by atoms with Crippen LogP contribution in [-0.4, -0.2) is 39.3 Å². The van der Waals surface area contributed by atoms with Gasteiger partial charge in [-0.05, 0) is 31.2 Å². The van der Waals surface area contributed by atoms with Crippen LogP contribution in [0.5, 0.6) is 0 Å². The molecule has 1 fully saturated rings. The summed E-state index contributed by atoms with van der Waals surface area (Å²) in [6, 6.07) is 6.85. The van der Waals surface area contributed by atoms with Gasteiger partial charge in [0.2, 0.25) is 0 Å². The predicted octanol–water partition coefficient (Wildman–Crippen LogP) is 3.02. The van der Waals surface area contributed by atoms with E-state index in [-0.39, 0.29) is 10.6 Å². The lowest BCUT2D eigenvalue weighted by Gasteiger charge is -2.41. The maximum Gasteiger partial charge on any atom is 0.292 e. The summed E-state index contributed by atoms with van der Waals surface area (Å²) in [5.74, 6) is 0. The van der Waals surface area contributed by atoms with Gasteiger partial charge in [0.1, 0.15) is 10.6 Å². The van der Waals surface area contributed by atoms with Crippen LogP contribution in [0.25, 0.3) is 5.69 Å². The smallest absolute Gasteiger partial charge is 0.292 e. The number of rotatable bonds is 3. The highest BCUT2D eigenvalue weighted by molar-refractivity contribution is 6.33. The van der Waals surface area contributed by atoms with Gasteiger partial charge in [-0.1, -0.05) is 23.2 Å². The molecule has 28 heavy (non-hydrogen) atoms. The molecule has 1 atom stereocenters. The fraction of sp³-hybridized carbons (Fsp3) is 0.316. The molecule has 0 N–H and O–H groups in total. The Bertz CT molecular complexity index is 1060. The Balaban J connectivity index is 1.66.